The summed E-state index contributed by atoms with van der Waals surface area (Å²) in [5.74, 6) is -0.373. The molecule has 0 aliphatic heterocycles. The fourth-order valence-corrected chi connectivity index (χ4v) is 2.67. The van der Waals surface area contributed by atoms with Gasteiger partial charge in [0.15, 0.2) is 0 Å². The maximum absolute atomic E-state index is 12.1. The molecule has 1 rings (SSSR count). The van der Waals surface area contributed by atoms with Gasteiger partial charge in [-0.15, -0.1) is 0 Å². The molecule has 1 aromatic carbocycles. The van der Waals surface area contributed by atoms with E-state index in [4.69, 9.17) is 16.2 Å². The van der Waals surface area contributed by atoms with Crippen LogP contribution in [0, 0.1) is 0 Å². The van der Waals surface area contributed by atoms with Gasteiger partial charge in [0, 0.05) is 16.9 Å². The summed E-state index contributed by atoms with van der Waals surface area (Å²) in [5.41, 5.74) is 14.7. The van der Waals surface area contributed by atoms with Crippen molar-refractivity contribution in [3.8, 4) is 0 Å². The largest absolute Gasteiger partial charge is 0.459 e. The van der Waals surface area contributed by atoms with Crippen LogP contribution in [0.4, 0.5) is 11.4 Å². The highest BCUT2D eigenvalue weighted by molar-refractivity contribution is 5.92. The van der Waals surface area contributed by atoms with Crippen molar-refractivity contribution in [1.29, 1.82) is 0 Å². The average Bonchev–Trinajstić information content (AvgIpc) is 2.36. The Hall–Kier alpha value is -1.71. The maximum Gasteiger partial charge on any atom is 0.338 e. The molecule has 0 radical (unpaired) electrons. The van der Waals surface area contributed by atoms with Crippen LogP contribution < -0.4 is 11.5 Å². The number of nitrogen functional groups attached to an aromatic ring is 2. The summed E-state index contributed by atoms with van der Waals surface area (Å²) in [6, 6.07) is 3.35. The van der Waals surface area contributed by atoms with Gasteiger partial charge in [-0.05, 0) is 37.3 Å². The second-order valence-electron chi connectivity index (χ2n) is 6.29. The van der Waals surface area contributed by atoms with E-state index in [1.165, 1.54) is 0 Å². The zero-order chi connectivity index (χ0) is 16.2. The molecule has 0 aliphatic rings. The number of ether oxygens (including phenoxy) is 1. The van der Waals surface area contributed by atoms with E-state index in [1.807, 2.05) is 13.8 Å². The normalized spacial score (nSPS) is 13.0. The molecule has 0 fully saturated rings. The van der Waals surface area contributed by atoms with Crippen LogP contribution in [0.1, 0.15) is 69.8 Å². The van der Waals surface area contributed by atoms with Crippen LogP contribution in [0.25, 0.3) is 0 Å². The van der Waals surface area contributed by atoms with Gasteiger partial charge in [0.25, 0.3) is 0 Å². The van der Waals surface area contributed by atoms with Gasteiger partial charge in [-0.3, -0.25) is 0 Å². The number of carbonyl (C=O) groups excluding carboxylic acids is 1. The highest BCUT2D eigenvalue weighted by Gasteiger charge is 2.26. The van der Waals surface area contributed by atoms with Crippen LogP contribution in [0.15, 0.2) is 12.1 Å². The third-order valence-electron chi connectivity index (χ3n) is 3.87. The lowest BCUT2D eigenvalue weighted by atomic mass is 9.78. The first kappa shape index (κ1) is 17.3. The minimum Gasteiger partial charge on any atom is -0.459 e. The number of esters is 1. The van der Waals surface area contributed by atoms with Crippen LogP contribution in [-0.4, -0.2) is 12.1 Å². The number of rotatable bonds is 6. The molecule has 1 unspecified atom stereocenters. The van der Waals surface area contributed by atoms with Crippen LogP contribution in [-0.2, 0) is 10.2 Å². The van der Waals surface area contributed by atoms with Crippen molar-refractivity contribution in [3.05, 3.63) is 23.3 Å². The second-order valence-corrected chi connectivity index (χ2v) is 6.29. The first-order valence-corrected chi connectivity index (χ1v) is 7.63. The summed E-state index contributed by atoms with van der Waals surface area (Å²) in [6.45, 7) is 10.2. The molecule has 4 heteroatoms. The molecular formula is C17H28N2O2. The Morgan fingerprint density at radius 3 is 2.19 bits per heavy atom. The molecule has 118 valence electrons. The second kappa shape index (κ2) is 6.83. The van der Waals surface area contributed by atoms with Gasteiger partial charge in [-0.2, -0.15) is 0 Å². The Morgan fingerprint density at radius 1 is 1.24 bits per heavy atom. The molecule has 0 spiro atoms. The van der Waals surface area contributed by atoms with Gasteiger partial charge < -0.3 is 16.2 Å². The highest BCUT2D eigenvalue weighted by Crippen LogP contribution is 2.37. The molecule has 0 bridgehead atoms. The summed E-state index contributed by atoms with van der Waals surface area (Å²) in [5, 5.41) is 0. The van der Waals surface area contributed by atoms with E-state index < -0.39 is 0 Å². The Labute approximate surface area is 127 Å². The maximum atomic E-state index is 12.1. The summed E-state index contributed by atoms with van der Waals surface area (Å²) < 4.78 is 5.32. The van der Waals surface area contributed by atoms with Gasteiger partial charge in [0.2, 0.25) is 0 Å². The highest BCUT2D eigenvalue weighted by atomic mass is 16.5. The summed E-state index contributed by atoms with van der Waals surface area (Å²) >= 11 is 0. The van der Waals surface area contributed by atoms with Crippen LogP contribution in [0.3, 0.4) is 0 Å². The molecule has 0 aliphatic carbocycles. The third-order valence-corrected chi connectivity index (χ3v) is 3.87. The molecule has 0 aromatic heterocycles. The minimum atomic E-state index is -0.373. The minimum absolute atomic E-state index is 0.109. The van der Waals surface area contributed by atoms with Gasteiger partial charge in [-0.25, -0.2) is 4.79 Å². The lowest BCUT2D eigenvalue weighted by Crippen LogP contribution is -2.22. The lowest BCUT2D eigenvalue weighted by Gasteiger charge is -2.28. The number of anilines is 2. The predicted octanol–water partition coefficient (Wildman–Crippen LogP) is 3.88. The van der Waals surface area contributed by atoms with E-state index in [9.17, 15) is 4.79 Å². The van der Waals surface area contributed by atoms with Crippen molar-refractivity contribution in [2.24, 2.45) is 0 Å². The van der Waals surface area contributed by atoms with E-state index in [0.29, 0.717) is 16.9 Å². The Bertz CT molecular complexity index is 487. The fourth-order valence-electron chi connectivity index (χ4n) is 2.67. The SMILES string of the molecule is CCCC(C)(C)c1c(N)cc(C(=O)OC(C)CC)cc1N. The summed E-state index contributed by atoms with van der Waals surface area (Å²) in [4.78, 5) is 12.1. The van der Waals surface area contributed by atoms with Gasteiger partial charge in [0.05, 0.1) is 11.7 Å². The van der Waals surface area contributed by atoms with Crippen LogP contribution >= 0.6 is 0 Å². The molecule has 1 atom stereocenters. The molecule has 0 amide bonds. The van der Waals surface area contributed by atoms with Crippen LogP contribution in [0.5, 0.6) is 0 Å². The smallest absolute Gasteiger partial charge is 0.338 e. The quantitative estimate of drug-likeness (QED) is 0.616. The van der Waals surface area contributed by atoms with Crippen molar-refractivity contribution in [1.82, 2.24) is 0 Å². The Kier molecular flexibility index (Phi) is 5.64. The standard InChI is InChI=1S/C17H28N2O2/c1-6-8-17(4,5)15-13(18)9-12(10-14(15)19)16(20)21-11(3)7-2/h9-11H,6-8,18-19H2,1-5H3. The Balaban J connectivity index is 3.13. The number of nitrogens with two attached hydrogens (primary N) is 2. The Morgan fingerprint density at radius 2 is 1.76 bits per heavy atom. The molecular weight excluding hydrogens is 264 g/mol. The van der Waals surface area contributed by atoms with Crippen LogP contribution in [0.2, 0.25) is 0 Å². The van der Waals surface area contributed by atoms with Gasteiger partial charge >= 0.3 is 5.97 Å². The number of hydrogen-bond donors (Lipinski definition) is 2. The molecule has 0 saturated carbocycles. The zero-order valence-corrected chi connectivity index (χ0v) is 13.8. The van der Waals surface area contributed by atoms with E-state index in [2.05, 4.69) is 20.8 Å². The van der Waals surface area contributed by atoms with Gasteiger partial charge in [-0.1, -0.05) is 34.1 Å². The van der Waals surface area contributed by atoms with Crippen molar-refractivity contribution in [2.45, 2.75) is 65.4 Å². The van der Waals surface area contributed by atoms with E-state index in [-0.39, 0.29) is 17.5 Å². The lowest BCUT2D eigenvalue weighted by molar-refractivity contribution is 0.0334. The first-order chi connectivity index (χ1) is 9.72. The molecule has 1 aromatic rings. The summed E-state index contributed by atoms with van der Waals surface area (Å²) in [6.07, 6.45) is 2.69. The third kappa shape index (κ3) is 4.13. The molecule has 0 saturated heterocycles. The zero-order valence-electron chi connectivity index (χ0n) is 13.8. The van der Waals surface area contributed by atoms with Crippen molar-refractivity contribution in [3.63, 3.8) is 0 Å². The monoisotopic (exact) mass is 292 g/mol. The fraction of sp³-hybridized carbons (Fsp3) is 0.588. The summed E-state index contributed by atoms with van der Waals surface area (Å²) in [7, 11) is 0. The number of hydrogen-bond acceptors (Lipinski definition) is 4. The first-order valence-electron chi connectivity index (χ1n) is 7.63. The molecule has 0 heterocycles. The van der Waals surface area contributed by atoms with Crippen molar-refractivity contribution in [2.75, 3.05) is 11.5 Å². The van der Waals surface area contributed by atoms with E-state index in [0.717, 1.165) is 24.8 Å². The van der Waals surface area contributed by atoms with E-state index >= 15 is 0 Å². The molecule has 4 nitrogen and oxygen atoms in total. The number of carbonyl (C=O) groups is 1. The number of benzene rings is 1. The average molecular weight is 292 g/mol. The van der Waals surface area contributed by atoms with Gasteiger partial charge in [0.1, 0.15) is 0 Å². The topological polar surface area (TPSA) is 78.3 Å². The molecule has 4 N–H and O–H groups in total. The van der Waals surface area contributed by atoms with Crippen molar-refractivity contribution >= 4 is 17.3 Å². The van der Waals surface area contributed by atoms with E-state index in [1.54, 1.807) is 12.1 Å². The predicted molar refractivity (Wildman–Crippen MR) is 88.4 cm³/mol. The van der Waals surface area contributed by atoms with Crippen molar-refractivity contribution < 1.29 is 9.53 Å². The molecule has 21 heavy (non-hydrogen) atoms.